The summed E-state index contributed by atoms with van der Waals surface area (Å²) >= 11 is 1.38. The second-order valence-corrected chi connectivity index (χ2v) is 5.04. The van der Waals surface area contributed by atoms with Gasteiger partial charge in [0.25, 0.3) is 5.91 Å². The standard InChI is InChI=1S/C14H20N2O3S/c1-11-10-13(20-12(11)4-3-5-15)14(17)16-6-7-19-9-8-18-2/h10H,5-9,15H2,1-2H3,(H,16,17). The van der Waals surface area contributed by atoms with Crippen molar-refractivity contribution in [2.24, 2.45) is 5.73 Å². The van der Waals surface area contributed by atoms with Gasteiger partial charge in [0.1, 0.15) is 0 Å². The van der Waals surface area contributed by atoms with Gasteiger partial charge in [-0.25, -0.2) is 0 Å². The minimum atomic E-state index is -0.103. The number of thiophene rings is 1. The molecule has 0 atom stereocenters. The van der Waals surface area contributed by atoms with Crippen molar-refractivity contribution in [1.82, 2.24) is 5.32 Å². The van der Waals surface area contributed by atoms with Crippen molar-refractivity contribution in [3.63, 3.8) is 0 Å². The monoisotopic (exact) mass is 296 g/mol. The van der Waals surface area contributed by atoms with E-state index in [1.165, 1.54) is 11.3 Å². The molecule has 0 aliphatic heterocycles. The summed E-state index contributed by atoms with van der Waals surface area (Å²) in [5.41, 5.74) is 6.34. The zero-order valence-electron chi connectivity index (χ0n) is 11.8. The van der Waals surface area contributed by atoms with Crippen LogP contribution in [0, 0.1) is 18.8 Å². The molecule has 110 valence electrons. The minimum absolute atomic E-state index is 0.103. The lowest BCUT2D eigenvalue weighted by molar-refractivity contribution is 0.0693. The van der Waals surface area contributed by atoms with Gasteiger partial charge in [0.05, 0.1) is 36.1 Å². The highest BCUT2D eigenvalue weighted by Gasteiger charge is 2.10. The van der Waals surface area contributed by atoms with Gasteiger partial charge >= 0.3 is 0 Å². The average Bonchev–Trinajstić information content (AvgIpc) is 2.81. The highest BCUT2D eigenvalue weighted by atomic mass is 32.1. The molecule has 0 aliphatic carbocycles. The first-order chi connectivity index (χ1) is 9.69. The molecule has 1 amide bonds. The number of carbonyl (C=O) groups excluding carboxylic acids is 1. The van der Waals surface area contributed by atoms with E-state index in [0.29, 0.717) is 37.8 Å². The number of hydrogen-bond acceptors (Lipinski definition) is 5. The van der Waals surface area contributed by atoms with E-state index >= 15 is 0 Å². The Morgan fingerprint density at radius 1 is 1.45 bits per heavy atom. The fraction of sp³-hybridized carbons (Fsp3) is 0.500. The SMILES string of the molecule is COCCOCCNC(=O)c1cc(C)c(C#CCN)s1. The first-order valence-corrected chi connectivity index (χ1v) is 7.15. The molecule has 20 heavy (non-hydrogen) atoms. The van der Waals surface area contributed by atoms with Crippen LogP contribution < -0.4 is 11.1 Å². The van der Waals surface area contributed by atoms with Gasteiger partial charge in [0.2, 0.25) is 0 Å². The number of methoxy groups -OCH3 is 1. The van der Waals surface area contributed by atoms with Gasteiger partial charge in [-0.3, -0.25) is 4.79 Å². The van der Waals surface area contributed by atoms with E-state index in [1.807, 2.05) is 13.0 Å². The molecular weight excluding hydrogens is 276 g/mol. The second-order valence-electron chi connectivity index (χ2n) is 3.99. The molecule has 0 saturated heterocycles. The third kappa shape index (κ3) is 5.72. The van der Waals surface area contributed by atoms with Crippen LogP contribution in [0.3, 0.4) is 0 Å². The van der Waals surface area contributed by atoms with Crippen molar-refractivity contribution in [2.45, 2.75) is 6.92 Å². The van der Waals surface area contributed by atoms with Crippen molar-refractivity contribution in [2.75, 3.05) is 40.0 Å². The third-order valence-electron chi connectivity index (χ3n) is 2.41. The second kappa shape index (κ2) is 9.50. The van der Waals surface area contributed by atoms with Crippen LogP contribution in [0.1, 0.15) is 20.1 Å². The fourth-order valence-electron chi connectivity index (χ4n) is 1.42. The molecule has 0 aromatic carbocycles. The molecule has 0 fully saturated rings. The number of aryl methyl sites for hydroxylation is 1. The van der Waals surface area contributed by atoms with E-state index in [4.69, 9.17) is 15.2 Å². The van der Waals surface area contributed by atoms with Gasteiger partial charge in [-0.05, 0) is 18.6 Å². The maximum Gasteiger partial charge on any atom is 0.261 e. The summed E-state index contributed by atoms with van der Waals surface area (Å²) in [6.45, 7) is 4.28. The summed E-state index contributed by atoms with van der Waals surface area (Å²) in [6, 6.07) is 1.84. The average molecular weight is 296 g/mol. The van der Waals surface area contributed by atoms with Crippen molar-refractivity contribution in [3.05, 3.63) is 21.4 Å². The lowest BCUT2D eigenvalue weighted by Gasteiger charge is -2.04. The quantitative estimate of drug-likeness (QED) is 0.575. The molecule has 1 aromatic heterocycles. The van der Waals surface area contributed by atoms with E-state index < -0.39 is 0 Å². The zero-order valence-corrected chi connectivity index (χ0v) is 12.6. The highest BCUT2D eigenvalue weighted by molar-refractivity contribution is 7.14. The number of carbonyl (C=O) groups is 1. The van der Waals surface area contributed by atoms with Gasteiger partial charge in [0.15, 0.2) is 0 Å². The lowest BCUT2D eigenvalue weighted by Crippen LogP contribution is -2.26. The van der Waals surface area contributed by atoms with Crippen LogP contribution in [-0.2, 0) is 9.47 Å². The number of nitrogens with two attached hydrogens (primary N) is 1. The Morgan fingerprint density at radius 2 is 2.25 bits per heavy atom. The van der Waals surface area contributed by atoms with Crippen molar-refractivity contribution >= 4 is 17.2 Å². The Morgan fingerprint density at radius 3 is 2.95 bits per heavy atom. The highest BCUT2D eigenvalue weighted by Crippen LogP contribution is 2.20. The van der Waals surface area contributed by atoms with Gasteiger partial charge in [0, 0.05) is 13.7 Å². The van der Waals surface area contributed by atoms with Gasteiger partial charge < -0.3 is 20.5 Å². The largest absolute Gasteiger partial charge is 0.382 e. The first-order valence-electron chi connectivity index (χ1n) is 6.33. The van der Waals surface area contributed by atoms with E-state index in [-0.39, 0.29) is 5.91 Å². The number of hydrogen-bond donors (Lipinski definition) is 2. The molecule has 0 aliphatic rings. The molecule has 0 unspecified atom stereocenters. The van der Waals surface area contributed by atoms with Gasteiger partial charge in [-0.1, -0.05) is 11.8 Å². The van der Waals surface area contributed by atoms with E-state index in [2.05, 4.69) is 17.2 Å². The van der Waals surface area contributed by atoms with Crippen LogP contribution >= 0.6 is 11.3 Å². The van der Waals surface area contributed by atoms with Crippen LogP contribution in [-0.4, -0.2) is 45.9 Å². The third-order valence-corrected chi connectivity index (χ3v) is 3.56. The predicted octanol–water partition coefficient (Wildman–Crippen LogP) is 0.760. The molecule has 6 heteroatoms. The summed E-state index contributed by atoms with van der Waals surface area (Å²) < 4.78 is 10.1. The molecule has 0 bridgehead atoms. The van der Waals surface area contributed by atoms with Gasteiger partial charge in [-0.15, -0.1) is 11.3 Å². The van der Waals surface area contributed by atoms with Crippen molar-refractivity contribution in [1.29, 1.82) is 0 Å². The molecule has 0 radical (unpaired) electrons. The zero-order chi connectivity index (χ0) is 14.8. The smallest absolute Gasteiger partial charge is 0.261 e. The maximum absolute atomic E-state index is 11.9. The predicted molar refractivity (Wildman–Crippen MR) is 80.0 cm³/mol. The Kier molecular flexibility index (Phi) is 7.92. The normalized spacial score (nSPS) is 9.95. The molecule has 5 nitrogen and oxygen atoms in total. The molecule has 1 aromatic rings. The van der Waals surface area contributed by atoms with E-state index in [9.17, 15) is 4.79 Å². The number of amides is 1. The first kappa shape index (κ1) is 16.7. The number of ether oxygens (including phenoxy) is 2. The van der Waals surface area contributed by atoms with Crippen molar-refractivity contribution in [3.8, 4) is 11.8 Å². The Balaban J connectivity index is 2.40. The number of nitrogens with one attached hydrogen (secondary N) is 1. The molecule has 0 saturated carbocycles. The summed E-state index contributed by atoms with van der Waals surface area (Å²) in [6.07, 6.45) is 0. The topological polar surface area (TPSA) is 73.6 Å². The molecule has 1 rings (SSSR count). The van der Waals surface area contributed by atoms with Crippen LogP contribution in [0.15, 0.2) is 6.07 Å². The Bertz CT molecular complexity index is 488. The Labute approximate surface area is 123 Å². The Hall–Kier alpha value is -1.39. The van der Waals surface area contributed by atoms with Crippen molar-refractivity contribution < 1.29 is 14.3 Å². The van der Waals surface area contributed by atoms with Gasteiger partial charge in [-0.2, -0.15) is 0 Å². The summed E-state index contributed by atoms with van der Waals surface area (Å²) in [4.78, 5) is 13.5. The van der Waals surface area contributed by atoms with Crippen LogP contribution in [0.2, 0.25) is 0 Å². The van der Waals surface area contributed by atoms with E-state index in [0.717, 1.165) is 10.4 Å². The summed E-state index contributed by atoms with van der Waals surface area (Å²) in [7, 11) is 1.62. The molecular formula is C14H20N2O3S. The van der Waals surface area contributed by atoms with Crippen LogP contribution in [0.25, 0.3) is 0 Å². The van der Waals surface area contributed by atoms with E-state index in [1.54, 1.807) is 7.11 Å². The number of rotatable bonds is 7. The van der Waals surface area contributed by atoms with Crippen LogP contribution in [0.5, 0.6) is 0 Å². The molecule has 0 spiro atoms. The summed E-state index contributed by atoms with van der Waals surface area (Å²) in [5.74, 6) is 5.65. The minimum Gasteiger partial charge on any atom is -0.382 e. The maximum atomic E-state index is 11.9. The fourth-order valence-corrected chi connectivity index (χ4v) is 2.38. The lowest BCUT2D eigenvalue weighted by atomic mass is 10.2. The summed E-state index contributed by atoms with van der Waals surface area (Å²) in [5, 5.41) is 2.81. The molecule has 1 heterocycles. The molecule has 3 N–H and O–H groups in total. The van der Waals surface area contributed by atoms with Crippen LogP contribution in [0.4, 0.5) is 0 Å².